The lowest BCUT2D eigenvalue weighted by Crippen LogP contribution is -2.04. The van der Waals surface area contributed by atoms with E-state index in [1.807, 2.05) is 30.3 Å². The maximum Gasteiger partial charge on any atom is 0.333 e. The van der Waals surface area contributed by atoms with E-state index in [1.54, 1.807) is 13.8 Å². The zero-order valence-corrected chi connectivity index (χ0v) is 10.9. The molecule has 0 aliphatic carbocycles. The van der Waals surface area contributed by atoms with E-state index >= 15 is 0 Å². The Kier molecular flexibility index (Phi) is 4.81. The van der Waals surface area contributed by atoms with Crippen LogP contribution in [-0.4, -0.2) is 12.6 Å². The first-order valence-corrected chi connectivity index (χ1v) is 5.82. The molecule has 1 rings (SSSR count). The Morgan fingerprint density at radius 1 is 1.40 bits per heavy atom. The number of hydrogen-bond acceptors (Lipinski definition) is 2. The van der Waals surface area contributed by atoms with E-state index < -0.39 is 0 Å². The molecule has 0 saturated carbocycles. The van der Waals surface area contributed by atoms with Crippen LogP contribution < -0.4 is 0 Å². The predicted molar refractivity (Wildman–Crippen MR) is 69.4 cm³/mol. The van der Waals surface area contributed by atoms with Crippen molar-refractivity contribution in [1.82, 2.24) is 0 Å². The normalized spacial score (nSPS) is 11.3. The standard InChI is InChI=1S/C12H13IO2/c1-3-15-12(14)9(2)8-10-4-6-11(13)7-5-10/h4-8H,3H2,1-2H3. The lowest BCUT2D eigenvalue weighted by Gasteiger charge is -2.01. The number of ether oxygens (including phenoxy) is 1. The second-order valence-electron chi connectivity index (χ2n) is 3.10. The van der Waals surface area contributed by atoms with Crippen molar-refractivity contribution >= 4 is 34.6 Å². The average molecular weight is 316 g/mol. The van der Waals surface area contributed by atoms with Crippen molar-refractivity contribution in [2.75, 3.05) is 6.61 Å². The zero-order chi connectivity index (χ0) is 11.3. The number of esters is 1. The molecule has 0 fully saturated rings. The Morgan fingerprint density at radius 3 is 2.53 bits per heavy atom. The average Bonchev–Trinajstić information content (AvgIpc) is 2.22. The van der Waals surface area contributed by atoms with E-state index in [4.69, 9.17) is 4.74 Å². The zero-order valence-electron chi connectivity index (χ0n) is 8.79. The summed E-state index contributed by atoms with van der Waals surface area (Å²) in [4.78, 5) is 11.3. The molecule has 80 valence electrons. The number of benzene rings is 1. The second-order valence-corrected chi connectivity index (χ2v) is 4.35. The molecule has 0 radical (unpaired) electrons. The SMILES string of the molecule is CCOC(=O)C(C)=Cc1ccc(I)cc1. The molecule has 0 saturated heterocycles. The number of rotatable bonds is 3. The van der Waals surface area contributed by atoms with Gasteiger partial charge in [0.15, 0.2) is 0 Å². The highest BCUT2D eigenvalue weighted by Crippen LogP contribution is 2.11. The predicted octanol–water partition coefficient (Wildman–Crippen LogP) is 3.26. The van der Waals surface area contributed by atoms with Crippen LogP contribution in [-0.2, 0) is 9.53 Å². The van der Waals surface area contributed by atoms with E-state index in [9.17, 15) is 4.79 Å². The van der Waals surface area contributed by atoms with Crippen molar-refractivity contribution in [3.8, 4) is 0 Å². The van der Waals surface area contributed by atoms with Gasteiger partial charge in [-0.05, 0) is 60.2 Å². The van der Waals surface area contributed by atoms with Crippen LogP contribution in [0.15, 0.2) is 29.8 Å². The maximum atomic E-state index is 11.3. The summed E-state index contributed by atoms with van der Waals surface area (Å²) in [6, 6.07) is 7.96. The molecule has 0 bridgehead atoms. The smallest absolute Gasteiger partial charge is 0.333 e. The lowest BCUT2D eigenvalue weighted by molar-refractivity contribution is -0.138. The third kappa shape index (κ3) is 4.03. The lowest BCUT2D eigenvalue weighted by atomic mass is 10.1. The van der Waals surface area contributed by atoms with Gasteiger partial charge in [0.1, 0.15) is 0 Å². The molecule has 15 heavy (non-hydrogen) atoms. The van der Waals surface area contributed by atoms with E-state index in [1.165, 1.54) is 3.57 Å². The van der Waals surface area contributed by atoms with Gasteiger partial charge in [-0.25, -0.2) is 4.79 Å². The van der Waals surface area contributed by atoms with Crippen LogP contribution in [0, 0.1) is 3.57 Å². The van der Waals surface area contributed by atoms with Gasteiger partial charge in [-0.3, -0.25) is 0 Å². The third-order valence-corrected chi connectivity index (χ3v) is 2.57. The molecule has 0 heterocycles. The van der Waals surface area contributed by atoms with E-state index in [0.29, 0.717) is 12.2 Å². The molecular formula is C12H13IO2. The van der Waals surface area contributed by atoms with Gasteiger partial charge in [-0.15, -0.1) is 0 Å². The fraction of sp³-hybridized carbons (Fsp3) is 0.250. The molecule has 0 aromatic heterocycles. The summed E-state index contributed by atoms with van der Waals surface area (Å²) in [6.45, 7) is 3.97. The van der Waals surface area contributed by atoms with Gasteiger partial charge in [0.2, 0.25) is 0 Å². The fourth-order valence-corrected chi connectivity index (χ4v) is 1.47. The minimum atomic E-state index is -0.254. The Balaban J connectivity index is 2.78. The molecule has 0 unspecified atom stereocenters. The Bertz CT molecular complexity index is 366. The molecule has 1 aromatic rings. The Labute approximate surface area is 103 Å². The summed E-state index contributed by atoms with van der Waals surface area (Å²) in [5.74, 6) is -0.254. The third-order valence-electron chi connectivity index (χ3n) is 1.85. The van der Waals surface area contributed by atoms with Crippen molar-refractivity contribution in [3.05, 3.63) is 39.0 Å². The first-order chi connectivity index (χ1) is 7.13. The minimum Gasteiger partial charge on any atom is -0.463 e. The number of hydrogen-bond donors (Lipinski definition) is 0. The quantitative estimate of drug-likeness (QED) is 0.486. The molecule has 0 aliphatic rings. The van der Waals surface area contributed by atoms with E-state index in [0.717, 1.165) is 5.56 Å². The molecule has 0 aliphatic heterocycles. The van der Waals surface area contributed by atoms with Crippen molar-refractivity contribution < 1.29 is 9.53 Å². The number of carbonyl (C=O) groups excluding carboxylic acids is 1. The molecule has 3 heteroatoms. The van der Waals surface area contributed by atoms with Gasteiger partial charge in [-0.2, -0.15) is 0 Å². The molecule has 0 atom stereocenters. The van der Waals surface area contributed by atoms with Crippen molar-refractivity contribution in [1.29, 1.82) is 0 Å². The fourth-order valence-electron chi connectivity index (χ4n) is 1.11. The van der Waals surface area contributed by atoms with Crippen LogP contribution in [0.1, 0.15) is 19.4 Å². The largest absolute Gasteiger partial charge is 0.463 e. The number of halogens is 1. The van der Waals surface area contributed by atoms with E-state index in [-0.39, 0.29) is 5.97 Å². The molecule has 2 nitrogen and oxygen atoms in total. The summed E-state index contributed by atoms with van der Waals surface area (Å²) in [5, 5.41) is 0. The van der Waals surface area contributed by atoms with Crippen LogP contribution in [0.4, 0.5) is 0 Å². The van der Waals surface area contributed by atoms with Gasteiger partial charge < -0.3 is 4.74 Å². The monoisotopic (exact) mass is 316 g/mol. The Morgan fingerprint density at radius 2 is 2.00 bits per heavy atom. The summed E-state index contributed by atoms with van der Waals surface area (Å²) in [5.41, 5.74) is 1.64. The van der Waals surface area contributed by atoms with Crippen molar-refractivity contribution in [3.63, 3.8) is 0 Å². The summed E-state index contributed by atoms with van der Waals surface area (Å²) in [6.07, 6.45) is 1.83. The van der Waals surface area contributed by atoms with Crippen LogP contribution in [0.3, 0.4) is 0 Å². The van der Waals surface area contributed by atoms with Crippen molar-refractivity contribution in [2.24, 2.45) is 0 Å². The summed E-state index contributed by atoms with van der Waals surface area (Å²) < 4.78 is 6.07. The first-order valence-electron chi connectivity index (χ1n) is 4.74. The molecule has 0 spiro atoms. The van der Waals surface area contributed by atoms with Gasteiger partial charge in [0.05, 0.1) is 6.61 Å². The molecule has 0 amide bonds. The molecule has 1 aromatic carbocycles. The van der Waals surface area contributed by atoms with Gasteiger partial charge in [-0.1, -0.05) is 12.1 Å². The summed E-state index contributed by atoms with van der Waals surface area (Å²) in [7, 11) is 0. The van der Waals surface area contributed by atoms with Gasteiger partial charge in [0.25, 0.3) is 0 Å². The highest BCUT2D eigenvalue weighted by atomic mass is 127. The van der Waals surface area contributed by atoms with Gasteiger partial charge >= 0.3 is 5.97 Å². The van der Waals surface area contributed by atoms with Crippen LogP contribution in [0.5, 0.6) is 0 Å². The highest BCUT2D eigenvalue weighted by Gasteiger charge is 2.03. The summed E-state index contributed by atoms with van der Waals surface area (Å²) >= 11 is 2.24. The Hall–Kier alpha value is -0.840. The van der Waals surface area contributed by atoms with Crippen LogP contribution in [0.25, 0.3) is 6.08 Å². The molecule has 0 N–H and O–H groups in total. The topological polar surface area (TPSA) is 26.3 Å². The van der Waals surface area contributed by atoms with Crippen LogP contribution >= 0.6 is 22.6 Å². The van der Waals surface area contributed by atoms with Crippen LogP contribution in [0.2, 0.25) is 0 Å². The highest BCUT2D eigenvalue weighted by molar-refractivity contribution is 14.1. The van der Waals surface area contributed by atoms with Gasteiger partial charge in [0, 0.05) is 9.14 Å². The van der Waals surface area contributed by atoms with E-state index in [2.05, 4.69) is 22.6 Å². The maximum absolute atomic E-state index is 11.3. The minimum absolute atomic E-state index is 0.254. The molecular weight excluding hydrogens is 303 g/mol. The first kappa shape index (κ1) is 12.2. The van der Waals surface area contributed by atoms with Crippen molar-refractivity contribution in [2.45, 2.75) is 13.8 Å². The second kappa shape index (κ2) is 5.90. The number of carbonyl (C=O) groups is 1.